The lowest BCUT2D eigenvalue weighted by Crippen LogP contribution is -2.16. The first-order valence-electron chi connectivity index (χ1n) is 6.17. The largest absolute Gasteiger partial charge is 0.493 e. The molecule has 1 atom stereocenters. The third-order valence-corrected chi connectivity index (χ3v) is 3.04. The maximum Gasteiger partial charge on any atom is 0.226 e. The van der Waals surface area contributed by atoms with Crippen LogP contribution in [0.3, 0.4) is 0 Å². The van der Waals surface area contributed by atoms with Crippen LogP contribution in [0.2, 0.25) is 0 Å². The summed E-state index contributed by atoms with van der Waals surface area (Å²) in [7, 11) is 1.57. The fraction of sp³-hybridized carbons (Fsp3) is 0.429. The smallest absolute Gasteiger partial charge is 0.226 e. The number of amides is 1. The van der Waals surface area contributed by atoms with E-state index in [0.29, 0.717) is 23.9 Å². The average molecular weight is 246 g/mol. The van der Waals surface area contributed by atoms with Crippen molar-refractivity contribution in [2.45, 2.75) is 26.2 Å². The standard InChI is InChI=1S/C14H18N2O2/c1-10-7-8-12(18-2)14(15-10)16-13(17)9-11-5-3-4-6-11/h3,5,7-8,11H,4,6,9H2,1-2H3,(H,15,16,17). The Hall–Kier alpha value is -1.84. The fourth-order valence-corrected chi connectivity index (χ4v) is 2.08. The van der Waals surface area contributed by atoms with Crippen molar-refractivity contribution in [1.82, 2.24) is 4.98 Å². The van der Waals surface area contributed by atoms with E-state index >= 15 is 0 Å². The Kier molecular flexibility index (Phi) is 3.97. The number of carbonyl (C=O) groups is 1. The summed E-state index contributed by atoms with van der Waals surface area (Å²) >= 11 is 0. The number of methoxy groups -OCH3 is 1. The molecular formula is C14H18N2O2. The SMILES string of the molecule is COc1ccc(C)nc1NC(=O)CC1C=CCC1. The van der Waals surface area contributed by atoms with Crippen LogP contribution in [-0.4, -0.2) is 18.0 Å². The number of rotatable bonds is 4. The lowest BCUT2D eigenvalue weighted by Gasteiger charge is -2.11. The summed E-state index contributed by atoms with van der Waals surface area (Å²) in [6.07, 6.45) is 6.88. The molecule has 0 saturated carbocycles. The highest BCUT2D eigenvalue weighted by Gasteiger charge is 2.15. The van der Waals surface area contributed by atoms with Crippen molar-refractivity contribution in [2.24, 2.45) is 5.92 Å². The van der Waals surface area contributed by atoms with Crippen LogP contribution in [0, 0.1) is 12.8 Å². The molecule has 4 heteroatoms. The quantitative estimate of drug-likeness (QED) is 0.831. The number of hydrogen-bond donors (Lipinski definition) is 1. The van der Waals surface area contributed by atoms with Crippen molar-refractivity contribution in [3.8, 4) is 5.75 Å². The molecule has 96 valence electrons. The highest BCUT2D eigenvalue weighted by Crippen LogP contribution is 2.24. The first-order valence-corrected chi connectivity index (χ1v) is 6.17. The van der Waals surface area contributed by atoms with Crippen LogP contribution in [0.4, 0.5) is 5.82 Å². The van der Waals surface area contributed by atoms with E-state index in [9.17, 15) is 4.79 Å². The lowest BCUT2D eigenvalue weighted by atomic mass is 10.1. The zero-order chi connectivity index (χ0) is 13.0. The summed E-state index contributed by atoms with van der Waals surface area (Å²) < 4.78 is 5.18. The average Bonchev–Trinajstić information content (AvgIpc) is 2.82. The van der Waals surface area contributed by atoms with Crippen LogP contribution in [0.25, 0.3) is 0 Å². The maximum absolute atomic E-state index is 11.9. The molecule has 1 aromatic heterocycles. The summed E-state index contributed by atoms with van der Waals surface area (Å²) in [5.74, 6) is 1.45. The zero-order valence-electron chi connectivity index (χ0n) is 10.8. The number of anilines is 1. The number of nitrogens with zero attached hydrogens (tertiary/aromatic N) is 1. The van der Waals surface area contributed by atoms with E-state index in [1.165, 1.54) is 0 Å². The normalized spacial score (nSPS) is 17.8. The van der Waals surface area contributed by atoms with Crippen LogP contribution in [0.15, 0.2) is 24.3 Å². The van der Waals surface area contributed by atoms with Crippen molar-refractivity contribution in [2.75, 3.05) is 12.4 Å². The minimum absolute atomic E-state index is 0.0112. The highest BCUT2D eigenvalue weighted by atomic mass is 16.5. The van der Waals surface area contributed by atoms with Gasteiger partial charge in [0, 0.05) is 12.1 Å². The minimum Gasteiger partial charge on any atom is -0.493 e. The number of aryl methyl sites for hydroxylation is 1. The van der Waals surface area contributed by atoms with E-state index in [2.05, 4.69) is 22.5 Å². The third-order valence-electron chi connectivity index (χ3n) is 3.04. The van der Waals surface area contributed by atoms with Gasteiger partial charge in [-0.1, -0.05) is 12.2 Å². The lowest BCUT2D eigenvalue weighted by molar-refractivity contribution is -0.116. The van der Waals surface area contributed by atoms with E-state index in [1.54, 1.807) is 7.11 Å². The van der Waals surface area contributed by atoms with Gasteiger partial charge in [0.25, 0.3) is 0 Å². The maximum atomic E-state index is 11.9. The van der Waals surface area contributed by atoms with Crippen LogP contribution in [-0.2, 0) is 4.79 Å². The number of aromatic nitrogens is 1. The second-order valence-corrected chi connectivity index (χ2v) is 4.52. The van der Waals surface area contributed by atoms with E-state index in [0.717, 1.165) is 18.5 Å². The summed E-state index contributed by atoms with van der Waals surface area (Å²) in [6.45, 7) is 1.88. The molecule has 0 fully saturated rings. The van der Waals surface area contributed by atoms with Crippen molar-refractivity contribution in [1.29, 1.82) is 0 Å². The molecule has 1 N–H and O–H groups in total. The summed E-state index contributed by atoms with van der Waals surface area (Å²) in [6, 6.07) is 3.67. The molecule has 0 bridgehead atoms. The highest BCUT2D eigenvalue weighted by molar-refractivity contribution is 5.91. The van der Waals surface area contributed by atoms with Crippen molar-refractivity contribution >= 4 is 11.7 Å². The molecule has 1 amide bonds. The molecule has 0 aromatic carbocycles. The molecule has 1 aliphatic rings. The Labute approximate surface area is 107 Å². The fourth-order valence-electron chi connectivity index (χ4n) is 2.08. The minimum atomic E-state index is -0.0112. The molecule has 0 saturated heterocycles. The number of carbonyl (C=O) groups excluding carboxylic acids is 1. The Bertz CT molecular complexity index is 469. The van der Waals surface area contributed by atoms with Gasteiger partial charge in [0.05, 0.1) is 7.11 Å². The van der Waals surface area contributed by atoms with Gasteiger partial charge in [0.2, 0.25) is 5.91 Å². The summed E-state index contributed by atoms with van der Waals surface area (Å²) in [4.78, 5) is 16.2. The van der Waals surface area contributed by atoms with Gasteiger partial charge in [0.1, 0.15) is 0 Å². The van der Waals surface area contributed by atoms with Gasteiger partial charge in [-0.05, 0) is 37.8 Å². The molecule has 1 aromatic rings. The van der Waals surface area contributed by atoms with Gasteiger partial charge in [-0.2, -0.15) is 0 Å². The second-order valence-electron chi connectivity index (χ2n) is 4.52. The third kappa shape index (κ3) is 3.09. The molecule has 0 spiro atoms. The molecule has 1 heterocycles. The van der Waals surface area contributed by atoms with Gasteiger partial charge in [-0.3, -0.25) is 4.79 Å². The van der Waals surface area contributed by atoms with Crippen LogP contribution >= 0.6 is 0 Å². The molecule has 0 radical (unpaired) electrons. The number of ether oxygens (including phenoxy) is 1. The van der Waals surface area contributed by atoms with E-state index in [1.807, 2.05) is 19.1 Å². The first-order chi connectivity index (χ1) is 8.69. The molecule has 18 heavy (non-hydrogen) atoms. The second kappa shape index (κ2) is 5.67. The number of pyridine rings is 1. The predicted molar refractivity (Wildman–Crippen MR) is 70.6 cm³/mol. The van der Waals surface area contributed by atoms with E-state index in [4.69, 9.17) is 4.74 Å². The molecule has 1 aliphatic carbocycles. The van der Waals surface area contributed by atoms with Crippen molar-refractivity contribution in [3.05, 3.63) is 30.0 Å². The van der Waals surface area contributed by atoms with Gasteiger partial charge < -0.3 is 10.1 Å². The molecule has 4 nitrogen and oxygen atoms in total. The monoisotopic (exact) mass is 246 g/mol. The van der Waals surface area contributed by atoms with Gasteiger partial charge in [-0.15, -0.1) is 0 Å². The molecular weight excluding hydrogens is 228 g/mol. The van der Waals surface area contributed by atoms with Crippen LogP contribution in [0.1, 0.15) is 25.0 Å². The molecule has 1 unspecified atom stereocenters. The van der Waals surface area contributed by atoms with Crippen LogP contribution < -0.4 is 10.1 Å². The Morgan fingerprint density at radius 1 is 1.56 bits per heavy atom. The summed E-state index contributed by atoms with van der Waals surface area (Å²) in [5.41, 5.74) is 0.854. The van der Waals surface area contributed by atoms with E-state index in [-0.39, 0.29) is 5.91 Å². The Morgan fingerprint density at radius 2 is 2.39 bits per heavy atom. The van der Waals surface area contributed by atoms with Crippen LogP contribution in [0.5, 0.6) is 5.75 Å². The predicted octanol–water partition coefficient (Wildman–Crippen LogP) is 2.69. The van der Waals surface area contributed by atoms with Crippen molar-refractivity contribution < 1.29 is 9.53 Å². The van der Waals surface area contributed by atoms with Crippen molar-refractivity contribution in [3.63, 3.8) is 0 Å². The zero-order valence-corrected chi connectivity index (χ0v) is 10.8. The number of nitrogens with one attached hydrogen (secondary N) is 1. The van der Waals surface area contributed by atoms with Gasteiger partial charge in [-0.25, -0.2) is 4.98 Å². The first kappa shape index (κ1) is 12.6. The Morgan fingerprint density at radius 3 is 3.06 bits per heavy atom. The number of hydrogen-bond acceptors (Lipinski definition) is 3. The molecule has 2 rings (SSSR count). The Balaban J connectivity index is 2.01. The van der Waals surface area contributed by atoms with E-state index < -0.39 is 0 Å². The summed E-state index contributed by atoms with van der Waals surface area (Å²) in [5, 5.41) is 2.82. The number of allylic oxidation sites excluding steroid dienone is 2. The topological polar surface area (TPSA) is 51.2 Å². The van der Waals surface area contributed by atoms with Gasteiger partial charge >= 0.3 is 0 Å². The molecule has 0 aliphatic heterocycles. The van der Waals surface area contributed by atoms with Gasteiger partial charge in [0.15, 0.2) is 11.6 Å².